The van der Waals surface area contributed by atoms with Crippen molar-refractivity contribution in [2.24, 2.45) is 5.92 Å². The molecule has 7 heteroatoms. The topological polar surface area (TPSA) is 73.6 Å². The zero-order chi connectivity index (χ0) is 17.4. The van der Waals surface area contributed by atoms with E-state index < -0.39 is 10.1 Å². The van der Waals surface area contributed by atoms with Crippen molar-refractivity contribution in [1.82, 2.24) is 14.4 Å². The zero-order valence-electron chi connectivity index (χ0n) is 13.9. The van der Waals surface area contributed by atoms with Crippen LogP contribution in [0.25, 0.3) is 5.52 Å². The number of benzene rings is 1. The van der Waals surface area contributed by atoms with Crippen LogP contribution in [0.4, 0.5) is 0 Å². The van der Waals surface area contributed by atoms with Crippen molar-refractivity contribution < 1.29 is 12.6 Å². The molecular weight excluding hydrogens is 338 g/mol. The summed E-state index contributed by atoms with van der Waals surface area (Å²) in [5.74, 6) is 0.573. The van der Waals surface area contributed by atoms with E-state index >= 15 is 0 Å². The third kappa shape index (κ3) is 3.17. The summed E-state index contributed by atoms with van der Waals surface area (Å²) in [6.45, 7) is 2.14. The van der Waals surface area contributed by atoms with E-state index in [9.17, 15) is 8.42 Å². The Morgan fingerprint density at radius 2 is 2.00 bits per heavy atom. The van der Waals surface area contributed by atoms with Gasteiger partial charge in [0.15, 0.2) is 0 Å². The first-order valence-electron chi connectivity index (χ1n) is 8.25. The molecule has 0 N–H and O–H groups in total. The molecule has 0 radical (unpaired) electrons. The third-order valence-corrected chi connectivity index (χ3v) is 6.06. The van der Waals surface area contributed by atoms with Crippen molar-refractivity contribution >= 4 is 15.6 Å². The van der Waals surface area contributed by atoms with Crippen LogP contribution in [-0.2, 0) is 14.3 Å². The summed E-state index contributed by atoms with van der Waals surface area (Å²) in [6, 6.07) is 6.71. The van der Waals surface area contributed by atoms with Crippen LogP contribution in [0.15, 0.2) is 54.1 Å². The fraction of sp³-hybridized carbons (Fsp3) is 0.333. The van der Waals surface area contributed by atoms with E-state index in [1.165, 1.54) is 0 Å². The molecule has 0 bridgehead atoms. The molecule has 2 heterocycles. The summed E-state index contributed by atoms with van der Waals surface area (Å²) >= 11 is 0. The highest BCUT2D eigenvalue weighted by molar-refractivity contribution is 7.86. The Morgan fingerprint density at radius 1 is 1.24 bits per heavy atom. The average Bonchev–Trinajstić information content (AvgIpc) is 2.98. The highest BCUT2D eigenvalue weighted by Gasteiger charge is 2.34. The third-order valence-electron chi connectivity index (χ3n) is 4.76. The smallest absolute Gasteiger partial charge is 0.296 e. The van der Waals surface area contributed by atoms with Crippen molar-refractivity contribution in [3.05, 3.63) is 60.4 Å². The van der Waals surface area contributed by atoms with Gasteiger partial charge in [0.2, 0.25) is 0 Å². The van der Waals surface area contributed by atoms with Gasteiger partial charge >= 0.3 is 0 Å². The highest BCUT2D eigenvalue weighted by atomic mass is 32.2. The monoisotopic (exact) mass is 357 g/mol. The molecule has 1 aliphatic rings. The van der Waals surface area contributed by atoms with Gasteiger partial charge in [0.1, 0.15) is 0 Å². The summed E-state index contributed by atoms with van der Waals surface area (Å²) in [4.78, 5) is 8.84. The van der Waals surface area contributed by atoms with E-state index in [0.29, 0.717) is 5.92 Å². The molecule has 25 heavy (non-hydrogen) atoms. The van der Waals surface area contributed by atoms with Crippen LogP contribution in [-0.4, -0.2) is 29.4 Å². The molecule has 6 nitrogen and oxygen atoms in total. The van der Waals surface area contributed by atoms with E-state index in [0.717, 1.165) is 29.6 Å². The van der Waals surface area contributed by atoms with Crippen LogP contribution >= 0.6 is 0 Å². The fourth-order valence-corrected chi connectivity index (χ4v) is 4.21. The van der Waals surface area contributed by atoms with E-state index in [1.54, 1.807) is 36.8 Å². The number of rotatable bonds is 5. The lowest BCUT2D eigenvalue weighted by Crippen LogP contribution is -2.27. The fourth-order valence-electron chi connectivity index (χ4n) is 3.23. The average molecular weight is 357 g/mol. The van der Waals surface area contributed by atoms with E-state index in [4.69, 9.17) is 4.18 Å². The first-order chi connectivity index (χ1) is 12.0. The maximum Gasteiger partial charge on any atom is 0.296 e. The number of aromatic nitrogens is 3. The molecule has 1 saturated carbocycles. The first-order valence-corrected chi connectivity index (χ1v) is 9.66. The number of hydrogen-bond acceptors (Lipinski definition) is 5. The maximum atomic E-state index is 12.2. The highest BCUT2D eigenvalue weighted by Crippen LogP contribution is 2.42. The number of imidazole rings is 1. The molecule has 3 aromatic rings. The lowest BCUT2D eigenvalue weighted by atomic mass is 9.73. The molecule has 0 amide bonds. The normalized spacial score (nSPS) is 20.5. The van der Waals surface area contributed by atoms with Crippen molar-refractivity contribution in [3.8, 4) is 0 Å². The Bertz CT molecular complexity index is 990. The minimum atomic E-state index is -3.68. The Balaban J connectivity index is 1.36. The molecule has 1 fully saturated rings. The number of hydrogen-bond donors (Lipinski definition) is 0. The van der Waals surface area contributed by atoms with Gasteiger partial charge in [-0.05, 0) is 37.8 Å². The number of nitrogens with zero attached hydrogens (tertiary/aromatic N) is 3. The minimum Gasteiger partial charge on any atom is -0.303 e. The summed E-state index contributed by atoms with van der Waals surface area (Å²) in [6.07, 6.45) is 8.97. The summed E-state index contributed by atoms with van der Waals surface area (Å²) in [7, 11) is -3.68. The molecule has 1 aromatic carbocycles. The number of fused-ring (bicyclic) bond motifs is 1. The van der Waals surface area contributed by atoms with E-state index in [1.807, 2.05) is 23.7 Å². The largest absolute Gasteiger partial charge is 0.303 e. The van der Waals surface area contributed by atoms with Gasteiger partial charge < -0.3 is 4.40 Å². The van der Waals surface area contributed by atoms with Gasteiger partial charge in [0, 0.05) is 18.3 Å². The molecule has 0 saturated heterocycles. The zero-order valence-corrected chi connectivity index (χ0v) is 14.7. The molecule has 0 aliphatic heterocycles. The van der Waals surface area contributed by atoms with Crippen molar-refractivity contribution in [2.75, 3.05) is 6.61 Å². The second-order valence-corrected chi connectivity index (χ2v) is 8.20. The van der Waals surface area contributed by atoms with E-state index in [2.05, 4.69) is 9.97 Å². The van der Waals surface area contributed by atoms with Crippen molar-refractivity contribution in [2.45, 2.75) is 30.6 Å². The van der Waals surface area contributed by atoms with Crippen molar-refractivity contribution in [3.63, 3.8) is 0 Å². The van der Waals surface area contributed by atoms with Crippen molar-refractivity contribution in [1.29, 1.82) is 0 Å². The van der Waals surface area contributed by atoms with Gasteiger partial charge in [-0.1, -0.05) is 17.7 Å². The van der Waals surface area contributed by atoms with Gasteiger partial charge in [-0.3, -0.25) is 9.17 Å². The maximum absolute atomic E-state index is 12.2. The molecule has 1 aliphatic carbocycles. The molecule has 0 spiro atoms. The molecule has 4 rings (SSSR count). The summed E-state index contributed by atoms with van der Waals surface area (Å²) in [5.41, 5.74) is 3.06. The van der Waals surface area contributed by atoms with Gasteiger partial charge in [-0.2, -0.15) is 8.42 Å². The quantitative estimate of drug-likeness (QED) is 0.657. The summed E-state index contributed by atoms with van der Waals surface area (Å²) in [5, 5.41) is 0. The lowest BCUT2D eigenvalue weighted by molar-refractivity contribution is 0.161. The minimum absolute atomic E-state index is 0.208. The van der Waals surface area contributed by atoms with Crippen LogP contribution in [0, 0.1) is 12.8 Å². The van der Waals surface area contributed by atoms with Crippen LogP contribution < -0.4 is 0 Å². The molecule has 0 unspecified atom stereocenters. The van der Waals surface area contributed by atoms with Gasteiger partial charge in [-0.15, -0.1) is 0 Å². The lowest BCUT2D eigenvalue weighted by Gasteiger charge is -2.34. The van der Waals surface area contributed by atoms with Gasteiger partial charge in [-0.25, -0.2) is 4.98 Å². The molecular formula is C18H19N3O3S. The Labute approximate surface area is 146 Å². The Kier molecular flexibility index (Phi) is 4.05. The molecule has 2 aromatic heterocycles. The Morgan fingerprint density at radius 3 is 2.76 bits per heavy atom. The second kappa shape index (κ2) is 6.24. The van der Waals surface area contributed by atoms with Crippen LogP contribution in [0.2, 0.25) is 0 Å². The van der Waals surface area contributed by atoms with Crippen LogP contribution in [0.5, 0.6) is 0 Å². The predicted molar refractivity (Wildman–Crippen MR) is 92.8 cm³/mol. The van der Waals surface area contributed by atoms with Crippen LogP contribution in [0.3, 0.4) is 0 Å². The number of aryl methyl sites for hydroxylation is 1. The predicted octanol–water partition coefficient (Wildman–Crippen LogP) is 2.94. The van der Waals surface area contributed by atoms with E-state index in [-0.39, 0.29) is 17.4 Å². The Hall–Kier alpha value is -2.25. The second-order valence-electron chi connectivity index (χ2n) is 6.58. The van der Waals surface area contributed by atoms with Crippen LogP contribution in [0.1, 0.15) is 30.0 Å². The first kappa shape index (κ1) is 16.2. The molecule has 130 valence electrons. The van der Waals surface area contributed by atoms with Gasteiger partial charge in [0.05, 0.1) is 35.2 Å². The summed E-state index contributed by atoms with van der Waals surface area (Å²) < 4.78 is 31.7. The molecule has 0 atom stereocenters. The standard InChI is InChI=1S/C18H19N3O3S/c1-13-2-4-16(5-3-13)25(22,23)24-11-14-8-15(9-14)18-17-10-19-6-7-21(17)12-20-18/h2-7,10,12,14-15H,8-9,11H2,1H3. The SMILES string of the molecule is Cc1ccc(S(=O)(=O)OCC2CC(c3ncn4ccncc34)C2)cc1. The van der Waals surface area contributed by atoms with Gasteiger partial charge in [0.25, 0.3) is 10.1 Å².